The summed E-state index contributed by atoms with van der Waals surface area (Å²) in [7, 11) is 0. The van der Waals surface area contributed by atoms with Crippen molar-refractivity contribution in [2.24, 2.45) is 5.92 Å². The first kappa shape index (κ1) is 15.9. The van der Waals surface area contributed by atoms with Crippen LogP contribution in [0.4, 0.5) is 0 Å². The zero-order valence-corrected chi connectivity index (χ0v) is 13.6. The first-order valence-electron chi connectivity index (χ1n) is 7.67. The molecule has 0 unspecified atom stereocenters. The lowest BCUT2D eigenvalue weighted by atomic mass is 9.99. The predicted molar refractivity (Wildman–Crippen MR) is 86.5 cm³/mol. The van der Waals surface area contributed by atoms with E-state index in [9.17, 15) is 9.59 Å². The molecular weight excluding hydrogens is 318 g/mol. The molecule has 2 heterocycles. The summed E-state index contributed by atoms with van der Waals surface area (Å²) in [5, 5.41) is 1.29. The first-order valence-corrected chi connectivity index (χ1v) is 8.05. The number of nitrogens with zero attached hydrogens (tertiary/aromatic N) is 1. The van der Waals surface area contributed by atoms with E-state index in [1.54, 1.807) is 29.2 Å². The highest BCUT2D eigenvalue weighted by atomic mass is 35.5. The van der Waals surface area contributed by atoms with Crippen LogP contribution in [0.15, 0.2) is 28.7 Å². The summed E-state index contributed by atoms with van der Waals surface area (Å²) in [5.74, 6) is -0.0910. The molecular formula is C17H18ClNO4. The van der Waals surface area contributed by atoms with Gasteiger partial charge in [0.2, 0.25) is 5.76 Å². The molecule has 0 saturated carbocycles. The highest BCUT2D eigenvalue weighted by Crippen LogP contribution is 2.23. The third-order valence-electron chi connectivity index (χ3n) is 4.14. The number of amides is 1. The Morgan fingerprint density at radius 3 is 2.78 bits per heavy atom. The van der Waals surface area contributed by atoms with Crippen LogP contribution in [0.5, 0.6) is 0 Å². The molecule has 1 aromatic carbocycles. The fourth-order valence-corrected chi connectivity index (χ4v) is 2.84. The molecule has 1 fully saturated rings. The van der Waals surface area contributed by atoms with Crippen molar-refractivity contribution in [2.75, 3.05) is 19.7 Å². The molecule has 0 spiro atoms. The first-order chi connectivity index (χ1) is 11.0. The van der Waals surface area contributed by atoms with Crippen molar-refractivity contribution in [2.45, 2.75) is 19.8 Å². The van der Waals surface area contributed by atoms with Crippen LogP contribution in [0.2, 0.25) is 5.02 Å². The Kier molecular flexibility index (Phi) is 4.57. The number of hydrogen-bond acceptors (Lipinski definition) is 4. The number of halogens is 1. The molecule has 3 rings (SSSR count). The standard InChI is InChI=1S/C17H18ClNO4/c1-11-4-6-19(7-5-11)16(20)10-22-17(21)15-9-12-8-13(18)2-3-14(12)23-15/h2-3,8-9,11H,4-7,10H2,1H3. The summed E-state index contributed by atoms with van der Waals surface area (Å²) in [5.41, 5.74) is 0.553. The average Bonchev–Trinajstić information content (AvgIpc) is 2.96. The zero-order chi connectivity index (χ0) is 16.4. The second-order valence-electron chi connectivity index (χ2n) is 5.93. The van der Waals surface area contributed by atoms with Gasteiger partial charge in [-0.25, -0.2) is 4.79 Å². The van der Waals surface area contributed by atoms with E-state index >= 15 is 0 Å². The number of benzene rings is 1. The topological polar surface area (TPSA) is 59.8 Å². The van der Waals surface area contributed by atoms with E-state index in [0.29, 0.717) is 16.5 Å². The molecule has 1 saturated heterocycles. The number of esters is 1. The van der Waals surface area contributed by atoms with Crippen molar-refractivity contribution >= 4 is 34.4 Å². The highest BCUT2D eigenvalue weighted by Gasteiger charge is 2.22. The Morgan fingerprint density at radius 1 is 1.30 bits per heavy atom. The average molecular weight is 336 g/mol. The summed E-state index contributed by atoms with van der Waals surface area (Å²) in [6.07, 6.45) is 1.98. The number of likely N-dealkylation sites (tertiary alicyclic amines) is 1. The van der Waals surface area contributed by atoms with Gasteiger partial charge in [-0.15, -0.1) is 0 Å². The van der Waals surface area contributed by atoms with Gasteiger partial charge >= 0.3 is 5.97 Å². The van der Waals surface area contributed by atoms with Gasteiger partial charge in [-0.05, 0) is 43.0 Å². The Morgan fingerprint density at radius 2 is 2.04 bits per heavy atom. The molecule has 1 amide bonds. The quantitative estimate of drug-likeness (QED) is 0.805. The van der Waals surface area contributed by atoms with Gasteiger partial charge in [-0.3, -0.25) is 4.79 Å². The van der Waals surface area contributed by atoms with Crippen LogP contribution in [-0.4, -0.2) is 36.5 Å². The summed E-state index contributed by atoms with van der Waals surface area (Å²) >= 11 is 5.90. The molecule has 5 nitrogen and oxygen atoms in total. The van der Waals surface area contributed by atoms with Crippen molar-refractivity contribution in [3.8, 4) is 0 Å². The Balaban J connectivity index is 1.58. The fourth-order valence-electron chi connectivity index (χ4n) is 2.66. The summed E-state index contributed by atoms with van der Waals surface area (Å²) < 4.78 is 10.5. The number of carbonyl (C=O) groups is 2. The minimum Gasteiger partial charge on any atom is -0.450 e. The zero-order valence-electron chi connectivity index (χ0n) is 12.9. The molecule has 6 heteroatoms. The maximum atomic E-state index is 12.1. The third-order valence-corrected chi connectivity index (χ3v) is 4.38. The van der Waals surface area contributed by atoms with Crippen LogP contribution in [0, 0.1) is 5.92 Å². The monoisotopic (exact) mass is 335 g/mol. The highest BCUT2D eigenvalue weighted by molar-refractivity contribution is 6.31. The van der Waals surface area contributed by atoms with Gasteiger partial charge in [0.25, 0.3) is 5.91 Å². The van der Waals surface area contributed by atoms with Gasteiger partial charge in [-0.1, -0.05) is 18.5 Å². The summed E-state index contributed by atoms with van der Waals surface area (Å²) in [4.78, 5) is 25.8. The van der Waals surface area contributed by atoms with Crippen molar-refractivity contribution in [3.63, 3.8) is 0 Å². The molecule has 0 N–H and O–H groups in total. The Labute approximate surface area is 139 Å². The second kappa shape index (κ2) is 6.62. The van der Waals surface area contributed by atoms with Crippen LogP contribution >= 0.6 is 11.6 Å². The van der Waals surface area contributed by atoms with Gasteiger partial charge < -0.3 is 14.1 Å². The van der Waals surface area contributed by atoms with Crippen molar-refractivity contribution in [1.82, 2.24) is 4.90 Å². The van der Waals surface area contributed by atoms with E-state index in [2.05, 4.69) is 6.92 Å². The van der Waals surface area contributed by atoms with Crippen LogP contribution < -0.4 is 0 Å². The number of rotatable bonds is 3. The molecule has 1 aliphatic rings. The normalized spacial score (nSPS) is 15.8. The predicted octanol–water partition coefficient (Wildman–Crippen LogP) is 3.50. The van der Waals surface area contributed by atoms with Gasteiger partial charge in [0.1, 0.15) is 5.58 Å². The maximum absolute atomic E-state index is 12.1. The second-order valence-corrected chi connectivity index (χ2v) is 6.37. The number of hydrogen-bond donors (Lipinski definition) is 0. The Hall–Kier alpha value is -2.01. The van der Waals surface area contributed by atoms with E-state index in [-0.39, 0.29) is 18.3 Å². The molecule has 0 aliphatic carbocycles. The van der Waals surface area contributed by atoms with Gasteiger partial charge in [-0.2, -0.15) is 0 Å². The number of furan rings is 1. The third kappa shape index (κ3) is 3.67. The molecule has 0 bridgehead atoms. The van der Waals surface area contributed by atoms with E-state index in [0.717, 1.165) is 31.3 Å². The molecule has 23 heavy (non-hydrogen) atoms. The largest absolute Gasteiger partial charge is 0.450 e. The van der Waals surface area contributed by atoms with Crippen molar-refractivity contribution in [1.29, 1.82) is 0 Å². The van der Waals surface area contributed by atoms with Gasteiger partial charge in [0, 0.05) is 23.5 Å². The van der Waals surface area contributed by atoms with E-state index < -0.39 is 5.97 Å². The van der Waals surface area contributed by atoms with Crippen LogP contribution in [0.3, 0.4) is 0 Å². The van der Waals surface area contributed by atoms with Crippen molar-refractivity contribution < 1.29 is 18.7 Å². The van der Waals surface area contributed by atoms with E-state index in [4.69, 9.17) is 20.8 Å². The SMILES string of the molecule is CC1CCN(C(=O)COC(=O)c2cc3cc(Cl)ccc3o2)CC1. The van der Waals surface area contributed by atoms with Crippen molar-refractivity contribution in [3.05, 3.63) is 35.0 Å². The number of carbonyl (C=O) groups excluding carboxylic acids is 2. The lowest BCUT2D eigenvalue weighted by molar-refractivity contribution is -0.135. The van der Waals surface area contributed by atoms with Crippen LogP contribution in [0.25, 0.3) is 11.0 Å². The minimum absolute atomic E-state index is 0.0716. The van der Waals surface area contributed by atoms with Gasteiger partial charge in [0.15, 0.2) is 6.61 Å². The molecule has 1 aliphatic heterocycles. The number of ether oxygens (including phenoxy) is 1. The lowest BCUT2D eigenvalue weighted by Gasteiger charge is -2.30. The summed E-state index contributed by atoms with van der Waals surface area (Å²) in [6.45, 7) is 3.36. The molecule has 1 aromatic heterocycles. The molecule has 122 valence electrons. The smallest absolute Gasteiger partial charge is 0.374 e. The van der Waals surface area contributed by atoms with E-state index in [1.807, 2.05) is 0 Å². The molecule has 0 atom stereocenters. The molecule has 2 aromatic rings. The summed E-state index contributed by atoms with van der Waals surface area (Å²) in [6, 6.07) is 6.64. The minimum atomic E-state index is -0.643. The lowest BCUT2D eigenvalue weighted by Crippen LogP contribution is -2.40. The van der Waals surface area contributed by atoms with Gasteiger partial charge in [0.05, 0.1) is 0 Å². The Bertz CT molecular complexity index is 731. The molecule has 0 radical (unpaired) electrons. The van der Waals surface area contributed by atoms with Crippen LogP contribution in [0.1, 0.15) is 30.3 Å². The number of fused-ring (bicyclic) bond motifs is 1. The van der Waals surface area contributed by atoms with Crippen LogP contribution in [-0.2, 0) is 9.53 Å². The maximum Gasteiger partial charge on any atom is 0.374 e. The fraction of sp³-hybridized carbons (Fsp3) is 0.412. The number of piperidine rings is 1. The van der Waals surface area contributed by atoms with E-state index in [1.165, 1.54) is 0 Å².